The highest BCUT2D eigenvalue weighted by Gasteiger charge is 2.65. The van der Waals surface area contributed by atoms with E-state index in [1.165, 1.54) is 12.1 Å². The van der Waals surface area contributed by atoms with Crippen LogP contribution in [0.3, 0.4) is 0 Å². The molecule has 0 unspecified atom stereocenters. The lowest BCUT2D eigenvalue weighted by atomic mass is 10.1. The number of carbonyl (C=O) groups is 2. The maximum atomic E-state index is 13.1. The molecule has 7 nitrogen and oxygen atoms in total. The van der Waals surface area contributed by atoms with Crippen molar-refractivity contribution in [3.05, 3.63) is 53.9 Å². The molecule has 31 heavy (non-hydrogen) atoms. The highest BCUT2D eigenvalue weighted by molar-refractivity contribution is 6.24. The second-order valence-electron chi connectivity index (χ2n) is 7.98. The number of halogens is 3. The molecule has 164 valence electrons. The molecule has 1 saturated carbocycles. The maximum absolute atomic E-state index is 13.1. The van der Waals surface area contributed by atoms with Crippen LogP contribution in [-0.4, -0.2) is 52.7 Å². The number of hydrogen-bond acceptors (Lipinski definition) is 5. The van der Waals surface area contributed by atoms with E-state index in [1.807, 2.05) is 25.1 Å². The molecule has 0 N–H and O–H groups in total. The van der Waals surface area contributed by atoms with Crippen LogP contribution in [0.15, 0.2) is 42.6 Å². The molecule has 0 bridgehead atoms. The van der Waals surface area contributed by atoms with Crippen LogP contribution in [0.4, 0.5) is 23.7 Å². The van der Waals surface area contributed by atoms with Crippen molar-refractivity contribution in [3.63, 3.8) is 0 Å². The predicted molar refractivity (Wildman–Crippen MR) is 105 cm³/mol. The topological polar surface area (TPSA) is 66.0 Å². The van der Waals surface area contributed by atoms with Crippen molar-refractivity contribution < 1.29 is 27.5 Å². The fourth-order valence-corrected chi connectivity index (χ4v) is 3.78. The average molecular weight is 434 g/mol. The standard InChI is InChI=1S/C21H21F3N4O3/c1-26(2)13-15-11-14(7-10-25-15)12-27-19(30)28(18(29)20(27)8-9-20)16-3-5-17(6-4-16)31-21(22,23)24/h3-7,10-11H,8-9,12-13H2,1-2H3. The van der Waals surface area contributed by atoms with Crippen molar-refractivity contribution in [1.82, 2.24) is 14.8 Å². The Bertz CT molecular complexity index is 1000. The Kier molecular flexibility index (Phi) is 5.12. The number of benzene rings is 1. The number of anilines is 1. The van der Waals surface area contributed by atoms with E-state index in [9.17, 15) is 22.8 Å². The molecular weight excluding hydrogens is 413 g/mol. The lowest BCUT2D eigenvalue weighted by molar-refractivity contribution is -0.274. The van der Waals surface area contributed by atoms with E-state index >= 15 is 0 Å². The van der Waals surface area contributed by atoms with Gasteiger partial charge in [0.05, 0.1) is 11.4 Å². The van der Waals surface area contributed by atoms with Gasteiger partial charge in [-0.1, -0.05) is 0 Å². The Morgan fingerprint density at radius 1 is 1.13 bits per heavy atom. The van der Waals surface area contributed by atoms with Crippen molar-refractivity contribution in [2.24, 2.45) is 0 Å². The highest BCUT2D eigenvalue weighted by atomic mass is 19.4. The Labute approximate surface area is 177 Å². The third-order valence-electron chi connectivity index (χ3n) is 5.29. The van der Waals surface area contributed by atoms with Gasteiger partial charge in [0.2, 0.25) is 0 Å². The lowest BCUT2D eigenvalue weighted by Crippen LogP contribution is -2.36. The minimum absolute atomic E-state index is 0.210. The molecule has 1 aromatic heterocycles. The monoisotopic (exact) mass is 434 g/mol. The summed E-state index contributed by atoms with van der Waals surface area (Å²) in [6.07, 6.45) is -2.03. The first-order chi connectivity index (χ1) is 14.6. The number of urea groups is 1. The van der Waals surface area contributed by atoms with E-state index in [0.29, 0.717) is 19.4 Å². The van der Waals surface area contributed by atoms with Crippen LogP contribution >= 0.6 is 0 Å². The average Bonchev–Trinajstić information content (AvgIpc) is 3.44. The summed E-state index contributed by atoms with van der Waals surface area (Å²) in [5, 5.41) is 0. The van der Waals surface area contributed by atoms with Gasteiger partial charge >= 0.3 is 12.4 Å². The lowest BCUT2D eigenvalue weighted by Gasteiger charge is -2.21. The van der Waals surface area contributed by atoms with E-state index < -0.39 is 23.7 Å². The van der Waals surface area contributed by atoms with Crippen molar-refractivity contribution in [3.8, 4) is 5.75 Å². The number of pyridine rings is 1. The Morgan fingerprint density at radius 2 is 1.81 bits per heavy atom. The van der Waals surface area contributed by atoms with Crippen LogP contribution in [0.2, 0.25) is 0 Å². The summed E-state index contributed by atoms with van der Waals surface area (Å²) < 4.78 is 41.0. The van der Waals surface area contributed by atoms with Crippen LogP contribution < -0.4 is 9.64 Å². The van der Waals surface area contributed by atoms with Gasteiger partial charge in [-0.2, -0.15) is 0 Å². The number of imide groups is 1. The molecule has 4 rings (SSSR count). The minimum atomic E-state index is -4.81. The first-order valence-corrected chi connectivity index (χ1v) is 9.70. The van der Waals surface area contributed by atoms with Crippen molar-refractivity contribution in [2.45, 2.75) is 37.8 Å². The number of nitrogens with zero attached hydrogens (tertiary/aromatic N) is 4. The number of aromatic nitrogens is 1. The van der Waals surface area contributed by atoms with Crippen LogP contribution in [0.1, 0.15) is 24.1 Å². The molecular formula is C21H21F3N4O3. The maximum Gasteiger partial charge on any atom is 0.573 e. The molecule has 2 aliphatic rings. The zero-order chi connectivity index (χ0) is 22.4. The van der Waals surface area contributed by atoms with Gasteiger partial charge in [0.15, 0.2) is 0 Å². The van der Waals surface area contributed by atoms with Crippen molar-refractivity contribution in [2.75, 3.05) is 19.0 Å². The Hall–Kier alpha value is -3.14. The zero-order valence-electron chi connectivity index (χ0n) is 17.0. The molecule has 2 aromatic rings. The van der Waals surface area contributed by atoms with Gasteiger partial charge in [-0.05, 0) is 68.9 Å². The highest BCUT2D eigenvalue weighted by Crippen LogP contribution is 2.49. The summed E-state index contributed by atoms with van der Waals surface area (Å²) in [5.74, 6) is -0.775. The summed E-state index contributed by atoms with van der Waals surface area (Å²) in [4.78, 5) is 35.1. The van der Waals surface area contributed by atoms with E-state index in [2.05, 4.69) is 9.72 Å². The van der Waals surface area contributed by atoms with Gasteiger partial charge in [-0.3, -0.25) is 9.78 Å². The molecule has 2 heterocycles. The van der Waals surface area contributed by atoms with Crippen LogP contribution in [0.25, 0.3) is 0 Å². The first-order valence-electron chi connectivity index (χ1n) is 9.70. The molecule has 2 fully saturated rings. The zero-order valence-corrected chi connectivity index (χ0v) is 17.0. The third kappa shape index (κ3) is 4.20. The Balaban J connectivity index is 1.56. The number of carbonyl (C=O) groups excluding carboxylic acids is 2. The largest absolute Gasteiger partial charge is 0.573 e. The minimum Gasteiger partial charge on any atom is -0.406 e. The number of rotatable bonds is 6. The quantitative estimate of drug-likeness (QED) is 0.651. The molecule has 1 saturated heterocycles. The van der Waals surface area contributed by atoms with Gasteiger partial charge in [0, 0.05) is 19.3 Å². The third-order valence-corrected chi connectivity index (χ3v) is 5.29. The fraction of sp³-hybridized carbons (Fsp3) is 0.381. The second-order valence-corrected chi connectivity index (χ2v) is 7.98. The predicted octanol–water partition coefficient (Wildman–Crippen LogP) is 3.54. The molecule has 3 amide bonds. The van der Waals surface area contributed by atoms with Crippen LogP contribution in [0.5, 0.6) is 5.75 Å². The fourth-order valence-electron chi connectivity index (χ4n) is 3.78. The number of ether oxygens (including phenoxy) is 1. The summed E-state index contributed by atoms with van der Waals surface area (Å²) in [7, 11) is 3.86. The van der Waals surface area contributed by atoms with Crippen molar-refractivity contribution >= 4 is 17.6 Å². The molecule has 1 spiro atoms. The summed E-state index contributed by atoms with van der Waals surface area (Å²) in [5.41, 5.74) is 1.03. The summed E-state index contributed by atoms with van der Waals surface area (Å²) >= 11 is 0. The molecule has 1 aliphatic heterocycles. The molecule has 10 heteroatoms. The normalized spacial score (nSPS) is 17.7. The van der Waals surface area contributed by atoms with Crippen LogP contribution in [-0.2, 0) is 17.9 Å². The van der Waals surface area contributed by atoms with Crippen LogP contribution in [0, 0.1) is 0 Å². The molecule has 0 atom stereocenters. The second kappa shape index (κ2) is 7.52. The number of alkyl halides is 3. The summed E-state index contributed by atoms with van der Waals surface area (Å²) in [6, 6.07) is 7.94. The van der Waals surface area contributed by atoms with E-state index in [0.717, 1.165) is 28.3 Å². The SMILES string of the molecule is CN(C)Cc1cc(CN2C(=O)N(c3ccc(OC(F)(F)F)cc3)C(=O)C23CC3)ccn1. The smallest absolute Gasteiger partial charge is 0.406 e. The van der Waals surface area contributed by atoms with E-state index in [1.54, 1.807) is 17.2 Å². The van der Waals surface area contributed by atoms with Gasteiger partial charge in [-0.15, -0.1) is 13.2 Å². The molecule has 1 aliphatic carbocycles. The molecule has 0 radical (unpaired) electrons. The van der Waals surface area contributed by atoms with Crippen molar-refractivity contribution in [1.29, 1.82) is 0 Å². The number of amides is 3. The van der Waals surface area contributed by atoms with Gasteiger partial charge in [-0.25, -0.2) is 9.69 Å². The van der Waals surface area contributed by atoms with Gasteiger partial charge in [0.1, 0.15) is 11.3 Å². The van der Waals surface area contributed by atoms with Gasteiger partial charge < -0.3 is 14.5 Å². The first kappa shape index (κ1) is 21.1. The van der Waals surface area contributed by atoms with E-state index in [-0.39, 0.29) is 18.1 Å². The van der Waals surface area contributed by atoms with Gasteiger partial charge in [0.25, 0.3) is 5.91 Å². The number of hydrogen-bond donors (Lipinski definition) is 0. The Morgan fingerprint density at radius 3 is 2.39 bits per heavy atom. The molecule has 1 aromatic carbocycles. The van der Waals surface area contributed by atoms with E-state index in [4.69, 9.17) is 0 Å². The summed E-state index contributed by atoms with van der Waals surface area (Å²) in [6.45, 7) is 0.892.